The Morgan fingerprint density at radius 1 is 1.18 bits per heavy atom. The van der Waals surface area contributed by atoms with Crippen molar-refractivity contribution in [2.45, 2.75) is 13.0 Å². The summed E-state index contributed by atoms with van der Waals surface area (Å²) in [4.78, 5) is 24.0. The van der Waals surface area contributed by atoms with E-state index < -0.39 is 23.8 Å². The first-order valence-corrected chi connectivity index (χ1v) is 8.59. The predicted octanol–water partition coefficient (Wildman–Crippen LogP) is 4.08. The van der Waals surface area contributed by atoms with Gasteiger partial charge in [-0.05, 0) is 42.8 Å². The zero-order valence-corrected chi connectivity index (χ0v) is 16.2. The SMILES string of the molecule is COc1cc(/C=C/C(=O)O[C@@H](C)C(=O)Nc2ccccc2F)cc(Cl)c1OC. The number of nitrogens with one attached hydrogen (secondary N) is 1. The quantitative estimate of drug-likeness (QED) is 0.553. The van der Waals surface area contributed by atoms with E-state index in [1.165, 1.54) is 45.4 Å². The number of rotatable bonds is 7. The van der Waals surface area contributed by atoms with Gasteiger partial charge in [-0.25, -0.2) is 9.18 Å². The van der Waals surface area contributed by atoms with Gasteiger partial charge in [0, 0.05) is 6.08 Å². The summed E-state index contributed by atoms with van der Waals surface area (Å²) in [6, 6.07) is 8.90. The molecule has 148 valence electrons. The summed E-state index contributed by atoms with van der Waals surface area (Å²) < 4.78 is 28.9. The van der Waals surface area contributed by atoms with Crippen LogP contribution >= 0.6 is 11.6 Å². The summed E-state index contributed by atoms with van der Waals surface area (Å²) in [5, 5.41) is 2.67. The minimum absolute atomic E-state index is 0.00547. The molecule has 0 aromatic heterocycles. The molecule has 0 saturated carbocycles. The normalized spacial score (nSPS) is 11.8. The molecule has 8 heteroatoms. The number of ether oxygens (including phenoxy) is 3. The smallest absolute Gasteiger partial charge is 0.331 e. The zero-order valence-electron chi connectivity index (χ0n) is 15.5. The summed E-state index contributed by atoms with van der Waals surface area (Å²) in [7, 11) is 2.93. The van der Waals surface area contributed by atoms with Crippen LogP contribution in [0.1, 0.15) is 12.5 Å². The van der Waals surface area contributed by atoms with Crippen LogP contribution in [0.3, 0.4) is 0 Å². The van der Waals surface area contributed by atoms with Crippen LogP contribution in [0.15, 0.2) is 42.5 Å². The number of anilines is 1. The van der Waals surface area contributed by atoms with Gasteiger partial charge >= 0.3 is 5.97 Å². The highest BCUT2D eigenvalue weighted by molar-refractivity contribution is 6.32. The average molecular weight is 408 g/mol. The highest BCUT2D eigenvalue weighted by atomic mass is 35.5. The summed E-state index contributed by atoms with van der Waals surface area (Å²) >= 11 is 6.11. The Hall–Kier alpha value is -3.06. The number of halogens is 2. The largest absolute Gasteiger partial charge is 0.493 e. The lowest BCUT2D eigenvalue weighted by Gasteiger charge is -2.13. The van der Waals surface area contributed by atoms with Gasteiger partial charge in [0.25, 0.3) is 5.91 Å². The number of para-hydroxylation sites is 1. The van der Waals surface area contributed by atoms with Crippen molar-refractivity contribution < 1.29 is 28.2 Å². The topological polar surface area (TPSA) is 73.9 Å². The lowest BCUT2D eigenvalue weighted by atomic mass is 10.2. The van der Waals surface area contributed by atoms with Crippen LogP contribution in [-0.2, 0) is 14.3 Å². The number of carbonyl (C=O) groups excluding carboxylic acids is 2. The third-order valence-electron chi connectivity index (χ3n) is 3.66. The molecule has 0 fully saturated rings. The monoisotopic (exact) mass is 407 g/mol. The molecule has 2 rings (SSSR count). The summed E-state index contributed by atoms with van der Waals surface area (Å²) in [6.07, 6.45) is 1.48. The molecule has 28 heavy (non-hydrogen) atoms. The molecular weight excluding hydrogens is 389 g/mol. The Labute approximate surface area is 166 Å². The second kappa shape index (κ2) is 9.75. The van der Waals surface area contributed by atoms with Gasteiger partial charge in [0.1, 0.15) is 5.82 Å². The molecule has 0 spiro atoms. The molecule has 1 atom stereocenters. The molecule has 0 saturated heterocycles. The van der Waals surface area contributed by atoms with Gasteiger partial charge in [-0.15, -0.1) is 0 Å². The van der Waals surface area contributed by atoms with Crippen molar-refractivity contribution in [1.29, 1.82) is 0 Å². The Morgan fingerprint density at radius 3 is 2.54 bits per heavy atom. The molecular formula is C20H19ClFNO5. The Balaban J connectivity index is 2.00. The summed E-state index contributed by atoms with van der Waals surface area (Å²) in [5.41, 5.74) is 0.578. The van der Waals surface area contributed by atoms with E-state index in [0.29, 0.717) is 22.1 Å². The second-order valence-electron chi connectivity index (χ2n) is 5.62. The summed E-state index contributed by atoms with van der Waals surface area (Å²) in [5.74, 6) is -1.20. The number of hydrogen-bond acceptors (Lipinski definition) is 5. The standard InChI is InChI=1S/C20H19ClFNO5/c1-12(20(25)23-16-7-5-4-6-15(16)22)28-18(24)9-8-13-10-14(21)19(27-3)17(11-13)26-2/h4-12H,1-3H3,(H,23,25)/b9-8+/t12-/m0/s1. The van der Waals surface area contributed by atoms with E-state index in [1.54, 1.807) is 18.2 Å². The van der Waals surface area contributed by atoms with Crippen LogP contribution in [-0.4, -0.2) is 32.2 Å². The Bertz CT molecular complexity index is 900. The van der Waals surface area contributed by atoms with Crippen LogP contribution in [0.25, 0.3) is 6.08 Å². The van der Waals surface area contributed by atoms with Gasteiger partial charge < -0.3 is 19.5 Å². The minimum atomic E-state index is -1.12. The minimum Gasteiger partial charge on any atom is -0.493 e. The van der Waals surface area contributed by atoms with Gasteiger partial charge in [-0.3, -0.25) is 4.79 Å². The van der Waals surface area contributed by atoms with Crippen molar-refractivity contribution in [3.63, 3.8) is 0 Å². The van der Waals surface area contributed by atoms with Gasteiger partial charge in [0.2, 0.25) is 0 Å². The molecule has 1 N–H and O–H groups in total. The molecule has 2 aromatic carbocycles. The molecule has 0 aliphatic carbocycles. The van der Waals surface area contributed by atoms with Crippen LogP contribution in [0.4, 0.5) is 10.1 Å². The van der Waals surface area contributed by atoms with Gasteiger partial charge in [0.05, 0.1) is 24.9 Å². The molecule has 0 radical (unpaired) electrons. The van der Waals surface area contributed by atoms with Crippen molar-refractivity contribution >= 4 is 35.2 Å². The van der Waals surface area contributed by atoms with E-state index in [0.717, 1.165) is 6.08 Å². The first-order valence-electron chi connectivity index (χ1n) is 8.21. The number of hydrogen-bond donors (Lipinski definition) is 1. The van der Waals surface area contributed by atoms with Crippen LogP contribution in [0, 0.1) is 5.82 Å². The lowest BCUT2D eigenvalue weighted by molar-refractivity contribution is -0.148. The third-order valence-corrected chi connectivity index (χ3v) is 3.94. The second-order valence-corrected chi connectivity index (χ2v) is 6.03. The number of amides is 1. The first kappa shape index (κ1) is 21.2. The Kier molecular flexibility index (Phi) is 7.40. The van der Waals surface area contributed by atoms with Crippen molar-refractivity contribution in [3.05, 3.63) is 58.9 Å². The molecule has 2 aromatic rings. The van der Waals surface area contributed by atoms with E-state index in [2.05, 4.69) is 5.32 Å². The van der Waals surface area contributed by atoms with E-state index in [4.69, 9.17) is 25.8 Å². The van der Waals surface area contributed by atoms with Crippen LogP contribution in [0.2, 0.25) is 5.02 Å². The molecule has 1 amide bonds. The van der Waals surface area contributed by atoms with E-state index in [-0.39, 0.29) is 5.69 Å². The van der Waals surface area contributed by atoms with E-state index >= 15 is 0 Å². The van der Waals surface area contributed by atoms with Crippen molar-refractivity contribution in [3.8, 4) is 11.5 Å². The average Bonchev–Trinajstić information content (AvgIpc) is 2.67. The molecule has 0 bridgehead atoms. The van der Waals surface area contributed by atoms with Gasteiger partial charge in [-0.2, -0.15) is 0 Å². The molecule has 0 aliphatic rings. The molecule has 6 nitrogen and oxygen atoms in total. The molecule has 0 aliphatic heterocycles. The first-order chi connectivity index (χ1) is 13.3. The summed E-state index contributed by atoms with van der Waals surface area (Å²) in [6.45, 7) is 1.38. The third kappa shape index (κ3) is 5.47. The number of carbonyl (C=O) groups is 2. The van der Waals surface area contributed by atoms with Crippen molar-refractivity contribution in [2.24, 2.45) is 0 Å². The van der Waals surface area contributed by atoms with Crippen LogP contribution < -0.4 is 14.8 Å². The van der Waals surface area contributed by atoms with Crippen molar-refractivity contribution in [1.82, 2.24) is 0 Å². The van der Waals surface area contributed by atoms with Crippen molar-refractivity contribution in [2.75, 3.05) is 19.5 Å². The fraction of sp³-hybridized carbons (Fsp3) is 0.200. The Morgan fingerprint density at radius 2 is 1.89 bits per heavy atom. The number of benzene rings is 2. The molecule has 0 unspecified atom stereocenters. The number of esters is 1. The molecule has 0 heterocycles. The zero-order chi connectivity index (χ0) is 20.7. The maximum absolute atomic E-state index is 13.6. The highest BCUT2D eigenvalue weighted by Crippen LogP contribution is 2.36. The number of methoxy groups -OCH3 is 2. The van der Waals surface area contributed by atoms with E-state index in [1.807, 2.05) is 0 Å². The maximum Gasteiger partial charge on any atom is 0.331 e. The fourth-order valence-corrected chi connectivity index (χ4v) is 2.56. The highest BCUT2D eigenvalue weighted by Gasteiger charge is 2.18. The predicted molar refractivity (Wildman–Crippen MR) is 104 cm³/mol. The maximum atomic E-state index is 13.6. The van der Waals surface area contributed by atoms with E-state index in [9.17, 15) is 14.0 Å². The van der Waals surface area contributed by atoms with Crippen LogP contribution in [0.5, 0.6) is 11.5 Å². The van der Waals surface area contributed by atoms with Gasteiger partial charge in [-0.1, -0.05) is 23.7 Å². The fourth-order valence-electron chi connectivity index (χ4n) is 2.26. The lowest BCUT2D eigenvalue weighted by Crippen LogP contribution is -2.29. The van der Waals surface area contributed by atoms with Gasteiger partial charge in [0.15, 0.2) is 17.6 Å².